The fraction of sp³-hybridized carbons (Fsp3) is 0.444. The second-order valence-electron chi connectivity index (χ2n) is 9.62. The Morgan fingerprint density at radius 1 is 0.875 bits per heavy atom. The van der Waals surface area contributed by atoms with Gasteiger partial charge in [0.05, 0.1) is 18.4 Å². The minimum Gasteiger partial charge on any atom is -0.464 e. The predicted molar refractivity (Wildman–Crippen MR) is 120 cm³/mol. The van der Waals surface area contributed by atoms with Gasteiger partial charge in [0.1, 0.15) is 6.04 Å². The van der Waals surface area contributed by atoms with Crippen LogP contribution in [0.15, 0.2) is 48.5 Å². The van der Waals surface area contributed by atoms with Gasteiger partial charge >= 0.3 is 5.97 Å². The number of carbonyl (C=O) groups is 3. The second kappa shape index (κ2) is 7.88. The molecule has 0 radical (unpaired) electrons. The monoisotopic (exact) mass is 431 g/mol. The lowest BCUT2D eigenvalue weighted by atomic mass is 9.55. The number of hydrogen-bond acceptors (Lipinski definition) is 4. The smallest absolute Gasteiger partial charge is 0.329 e. The minimum atomic E-state index is -0.863. The van der Waals surface area contributed by atoms with E-state index in [0.29, 0.717) is 19.4 Å². The molecule has 2 aromatic carbocycles. The molecular formula is C27H29NO4. The van der Waals surface area contributed by atoms with E-state index in [2.05, 4.69) is 24.3 Å². The molecule has 4 aliphatic rings. The second-order valence-corrected chi connectivity index (χ2v) is 9.62. The number of imide groups is 1. The van der Waals surface area contributed by atoms with Crippen molar-refractivity contribution in [2.75, 3.05) is 6.61 Å². The van der Waals surface area contributed by atoms with Gasteiger partial charge in [0.15, 0.2) is 0 Å². The Hall–Kier alpha value is -2.95. The van der Waals surface area contributed by atoms with Crippen LogP contribution in [-0.4, -0.2) is 35.3 Å². The molecule has 2 bridgehead atoms. The van der Waals surface area contributed by atoms with E-state index >= 15 is 0 Å². The molecule has 0 aromatic heterocycles. The Bertz CT molecular complexity index is 975. The van der Waals surface area contributed by atoms with Gasteiger partial charge in [-0.15, -0.1) is 0 Å². The van der Waals surface area contributed by atoms with Crippen molar-refractivity contribution in [3.63, 3.8) is 0 Å². The quantitative estimate of drug-likeness (QED) is 0.507. The summed E-state index contributed by atoms with van der Waals surface area (Å²) in [5.74, 6) is -2.03. The Balaban J connectivity index is 1.60. The van der Waals surface area contributed by atoms with E-state index < -0.39 is 23.8 Å². The van der Waals surface area contributed by atoms with Gasteiger partial charge in [0, 0.05) is 11.8 Å². The van der Waals surface area contributed by atoms with Crippen molar-refractivity contribution in [1.29, 1.82) is 0 Å². The van der Waals surface area contributed by atoms with Gasteiger partial charge in [-0.05, 0) is 41.0 Å². The van der Waals surface area contributed by atoms with E-state index in [1.54, 1.807) is 0 Å². The van der Waals surface area contributed by atoms with E-state index in [4.69, 9.17) is 4.74 Å². The van der Waals surface area contributed by atoms with Crippen LogP contribution in [0.1, 0.15) is 67.7 Å². The summed E-state index contributed by atoms with van der Waals surface area (Å²) in [5.41, 5.74) is 4.53. The number of esters is 1. The minimum absolute atomic E-state index is 0.142. The summed E-state index contributed by atoms with van der Waals surface area (Å²) in [6.45, 7) is 6.21. The number of carbonyl (C=O) groups excluding carboxylic acids is 3. The highest BCUT2D eigenvalue weighted by Gasteiger charge is 2.63. The lowest BCUT2D eigenvalue weighted by molar-refractivity contribution is -0.159. The Morgan fingerprint density at radius 3 is 1.69 bits per heavy atom. The zero-order valence-electron chi connectivity index (χ0n) is 18.8. The number of likely N-dealkylation sites (tertiary alicyclic amines) is 1. The van der Waals surface area contributed by atoms with Crippen molar-refractivity contribution < 1.29 is 19.1 Å². The molecule has 2 amide bonds. The molecule has 3 atom stereocenters. The number of benzene rings is 2. The Labute approximate surface area is 188 Å². The molecule has 0 saturated carbocycles. The van der Waals surface area contributed by atoms with Crippen LogP contribution >= 0.6 is 0 Å². The van der Waals surface area contributed by atoms with E-state index in [1.165, 1.54) is 4.90 Å². The topological polar surface area (TPSA) is 63.7 Å². The molecule has 6 rings (SSSR count). The number of ether oxygens (including phenoxy) is 1. The largest absolute Gasteiger partial charge is 0.464 e. The molecule has 1 aliphatic heterocycles. The van der Waals surface area contributed by atoms with Crippen molar-refractivity contribution in [3.05, 3.63) is 70.8 Å². The molecule has 0 spiro atoms. The van der Waals surface area contributed by atoms with Crippen LogP contribution in [0.4, 0.5) is 0 Å². The van der Waals surface area contributed by atoms with Crippen molar-refractivity contribution >= 4 is 17.8 Å². The summed E-state index contributed by atoms with van der Waals surface area (Å²) in [6.07, 6.45) is 1.11. The van der Waals surface area contributed by atoms with Crippen molar-refractivity contribution in [3.8, 4) is 0 Å². The highest BCUT2D eigenvalue weighted by molar-refractivity contribution is 6.10. The van der Waals surface area contributed by atoms with Crippen molar-refractivity contribution in [2.24, 2.45) is 17.8 Å². The summed E-state index contributed by atoms with van der Waals surface area (Å²) < 4.78 is 5.42. The average molecular weight is 432 g/mol. The van der Waals surface area contributed by atoms with Crippen LogP contribution in [0, 0.1) is 17.8 Å². The zero-order chi connectivity index (χ0) is 22.6. The standard InChI is InChI=1S/C27H29NO4/c1-4-13-32-27(31)20(14-15(2)3)28-25(29)23-21-16-9-5-6-10-17(16)22(24(23)26(28)30)19-12-8-7-11-18(19)21/h5-12,15,20-24H,4,13-14H2,1-3H3/t20-,21?,22?,23-,24+/m0/s1. The van der Waals surface area contributed by atoms with Crippen LogP contribution in [-0.2, 0) is 19.1 Å². The summed E-state index contributed by atoms with van der Waals surface area (Å²) in [7, 11) is 0. The van der Waals surface area contributed by atoms with E-state index in [1.807, 2.05) is 45.0 Å². The number of rotatable bonds is 6. The van der Waals surface area contributed by atoms with Gasteiger partial charge in [-0.3, -0.25) is 14.5 Å². The normalized spacial score (nSPS) is 26.1. The lowest BCUT2D eigenvalue weighted by Gasteiger charge is -2.45. The fourth-order valence-electron chi connectivity index (χ4n) is 6.06. The Morgan fingerprint density at radius 2 is 1.31 bits per heavy atom. The molecular weight excluding hydrogens is 402 g/mol. The third-order valence-corrected chi connectivity index (χ3v) is 7.21. The number of nitrogens with zero attached hydrogens (tertiary/aromatic N) is 1. The summed E-state index contributed by atoms with van der Waals surface area (Å²) in [6, 6.07) is 15.5. The first-order valence-electron chi connectivity index (χ1n) is 11.7. The first kappa shape index (κ1) is 20.9. The number of hydrogen-bond donors (Lipinski definition) is 0. The van der Waals surface area contributed by atoms with Crippen molar-refractivity contribution in [2.45, 2.75) is 51.5 Å². The summed E-state index contributed by atoms with van der Waals surface area (Å²) in [5, 5.41) is 0. The van der Waals surface area contributed by atoms with Gasteiger partial charge in [0.2, 0.25) is 11.8 Å². The predicted octanol–water partition coefficient (Wildman–Crippen LogP) is 4.25. The first-order chi connectivity index (χ1) is 15.5. The molecule has 5 nitrogen and oxygen atoms in total. The zero-order valence-corrected chi connectivity index (χ0v) is 18.8. The fourth-order valence-corrected chi connectivity index (χ4v) is 6.06. The van der Waals surface area contributed by atoms with E-state index in [-0.39, 0.29) is 29.6 Å². The van der Waals surface area contributed by atoms with Crippen molar-refractivity contribution in [1.82, 2.24) is 4.90 Å². The van der Waals surface area contributed by atoms with Crippen LogP contribution in [0.5, 0.6) is 0 Å². The third-order valence-electron chi connectivity index (χ3n) is 7.21. The molecule has 166 valence electrons. The molecule has 3 aliphatic carbocycles. The molecule has 0 unspecified atom stereocenters. The van der Waals surface area contributed by atoms with Crippen LogP contribution < -0.4 is 0 Å². The van der Waals surface area contributed by atoms with E-state index in [0.717, 1.165) is 22.3 Å². The van der Waals surface area contributed by atoms with Gasteiger partial charge in [-0.25, -0.2) is 4.79 Å². The number of amides is 2. The van der Waals surface area contributed by atoms with Gasteiger partial charge in [-0.2, -0.15) is 0 Å². The van der Waals surface area contributed by atoms with Gasteiger partial charge in [0.25, 0.3) is 0 Å². The third kappa shape index (κ3) is 2.94. The summed E-state index contributed by atoms with van der Waals surface area (Å²) in [4.78, 5) is 42.0. The maximum Gasteiger partial charge on any atom is 0.329 e. The Kier molecular flexibility index (Phi) is 5.15. The van der Waals surface area contributed by atoms with Crippen LogP contribution in [0.2, 0.25) is 0 Å². The average Bonchev–Trinajstić information content (AvgIpc) is 3.06. The molecule has 5 heteroatoms. The van der Waals surface area contributed by atoms with Crippen LogP contribution in [0.25, 0.3) is 0 Å². The van der Waals surface area contributed by atoms with Gasteiger partial charge in [-0.1, -0.05) is 69.3 Å². The first-order valence-corrected chi connectivity index (χ1v) is 11.7. The molecule has 1 heterocycles. The van der Waals surface area contributed by atoms with E-state index in [9.17, 15) is 14.4 Å². The SMILES string of the molecule is CCCOC(=O)[C@H](CC(C)C)N1C(=O)[C@@H]2C3c4ccccc4C(c4ccccc43)[C@@H]2C1=O. The molecule has 32 heavy (non-hydrogen) atoms. The molecule has 2 aromatic rings. The highest BCUT2D eigenvalue weighted by atomic mass is 16.5. The summed E-state index contributed by atoms with van der Waals surface area (Å²) >= 11 is 0. The maximum atomic E-state index is 13.9. The molecule has 1 saturated heterocycles. The molecule has 1 fully saturated rings. The lowest BCUT2D eigenvalue weighted by Crippen LogP contribution is -2.47. The van der Waals surface area contributed by atoms with Gasteiger partial charge < -0.3 is 4.74 Å². The highest BCUT2D eigenvalue weighted by Crippen LogP contribution is 2.61. The molecule has 0 N–H and O–H groups in total. The maximum absolute atomic E-state index is 13.9. The van der Waals surface area contributed by atoms with Crippen LogP contribution in [0.3, 0.4) is 0 Å².